The van der Waals surface area contributed by atoms with Crippen LogP contribution in [0.2, 0.25) is 0 Å². The lowest BCUT2D eigenvalue weighted by molar-refractivity contribution is -0.121. The Balaban J connectivity index is 1.65. The molecule has 8 heteroatoms. The topological polar surface area (TPSA) is 95.6 Å². The summed E-state index contributed by atoms with van der Waals surface area (Å²) in [7, 11) is 3.15. The Morgan fingerprint density at radius 3 is 2.75 bits per heavy atom. The van der Waals surface area contributed by atoms with Crippen molar-refractivity contribution in [2.75, 3.05) is 14.2 Å². The summed E-state index contributed by atoms with van der Waals surface area (Å²) in [4.78, 5) is 29.0. The molecule has 2 heterocycles. The van der Waals surface area contributed by atoms with Gasteiger partial charge < -0.3 is 19.2 Å². The van der Waals surface area contributed by atoms with E-state index in [2.05, 4.69) is 10.3 Å². The third-order valence-electron chi connectivity index (χ3n) is 4.70. The Kier molecular flexibility index (Phi) is 5.67. The number of ether oxygens (including phenoxy) is 2. The van der Waals surface area contributed by atoms with Crippen molar-refractivity contribution in [2.45, 2.75) is 33.4 Å². The van der Waals surface area contributed by atoms with Crippen LogP contribution in [-0.4, -0.2) is 29.7 Å². The van der Waals surface area contributed by atoms with Crippen molar-refractivity contribution in [1.29, 1.82) is 0 Å². The molecule has 1 amide bonds. The number of carbonyl (C=O) groups is 1. The molecule has 0 atom stereocenters. The highest BCUT2D eigenvalue weighted by molar-refractivity contribution is 5.78. The normalized spacial score (nSPS) is 10.9. The van der Waals surface area contributed by atoms with Crippen molar-refractivity contribution in [3.63, 3.8) is 0 Å². The van der Waals surface area contributed by atoms with E-state index in [9.17, 15) is 9.59 Å². The van der Waals surface area contributed by atoms with E-state index in [0.29, 0.717) is 34.9 Å². The van der Waals surface area contributed by atoms with Gasteiger partial charge in [0.1, 0.15) is 29.0 Å². The van der Waals surface area contributed by atoms with E-state index in [-0.39, 0.29) is 24.4 Å². The molecule has 3 rings (SSSR count). The molecule has 1 N–H and O–H groups in total. The smallest absolute Gasteiger partial charge is 0.264 e. The second-order valence-corrected chi connectivity index (χ2v) is 6.41. The van der Waals surface area contributed by atoms with Crippen LogP contribution in [0.5, 0.6) is 11.5 Å². The molecule has 2 aromatic heterocycles. The van der Waals surface area contributed by atoms with Gasteiger partial charge in [-0.05, 0) is 32.0 Å². The minimum absolute atomic E-state index is 0.148. The van der Waals surface area contributed by atoms with Crippen LogP contribution in [0.1, 0.15) is 23.3 Å². The summed E-state index contributed by atoms with van der Waals surface area (Å²) < 4.78 is 17.4. The van der Waals surface area contributed by atoms with Crippen molar-refractivity contribution < 1.29 is 18.7 Å². The SMILES string of the molecule is COc1ccc(OC)c(CNC(=O)CCn2cnc3oc(C)c(C)c3c2=O)c1. The van der Waals surface area contributed by atoms with Crippen LogP contribution in [0.3, 0.4) is 0 Å². The van der Waals surface area contributed by atoms with E-state index in [1.165, 1.54) is 10.9 Å². The molecule has 0 saturated carbocycles. The number of nitrogens with zero attached hydrogens (tertiary/aromatic N) is 2. The quantitative estimate of drug-likeness (QED) is 0.671. The molecule has 28 heavy (non-hydrogen) atoms. The summed E-state index contributed by atoms with van der Waals surface area (Å²) in [6.07, 6.45) is 1.56. The minimum atomic E-state index is -0.207. The van der Waals surface area contributed by atoms with Crippen LogP contribution < -0.4 is 20.3 Å². The summed E-state index contributed by atoms with van der Waals surface area (Å²) in [5, 5.41) is 3.30. The molecule has 0 spiro atoms. The molecule has 0 saturated heterocycles. The van der Waals surface area contributed by atoms with Crippen molar-refractivity contribution in [3.8, 4) is 11.5 Å². The van der Waals surface area contributed by atoms with Crippen molar-refractivity contribution in [1.82, 2.24) is 14.9 Å². The predicted octanol–water partition coefficient (Wildman–Crippen LogP) is 2.33. The van der Waals surface area contributed by atoms with E-state index >= 15 is 0 Å². The number of rotatable bonds is 7. The van der Waals surface area contributed by atoms with Crippen LogP contribution in [0.4, 0.5) is 0 Å². The highest BCUT2D eigenvalue weighted by Crippen LogP contribution is 2.23. The van der Waals surface area contributed by atoms with Crippen LogP contribution in [0.15, 0.2) is 33.7 Å². The maximum Gasteiger partial charge on any atom is 0.264 e. The van der Waals surface area contributed by atoms with Crippen LogP contribution in [0.25, 0.3) is 11.1 Å². The maximum atomic E-state index is 12.6. The molecule has 3 aromatic rings. The number of hydrogen-bond donors (Lipinski definition) is 1. The largest absolute Gasteiger partial charge is 0.497 e. The lowest BCUT2D eigenvalue weighted by Crippen LogP contribution is -2.27. The molecule has 148 valence electrons. The van der Waals surface area contributed by atoms with Gasteiger partial charge in [0, 0.05) is 30.6 Å². The molecule has 0 aliphatic rings. The fourth-order valence-corrected chi connectivity index (χ4v) is 2.95. The van der Waals surface area contributed by atoms with Gasteiger partial charge in [-0.1, -0.05) is 0 Å². The van der Waals surface area contributed by atoms with Gasteiger partial charge in [-0.15, -0.1) is 0 Å². The number of nitrogens with one attached hydrogen (secondary N) is 1. The number of aryl methyl sites for hydroxylation is 3. The van der Waals surface area contributed by atoms with Crippen LogP contribution in [-0.2, 0) is 17.9 Å². The number of hydrogen-bond acceptors (Lipinski definition) is 6. The zero-order valence-electron chi connectivity index (χ0n) is 16.4. The lowest BCUT2D eigenvalue weighted by atomic mass is 10.2. The van der Waals surface area contributed by atoms with Crippen molar-refractivity contribution in [2.24, 2.45) is 0 Å². The number of benzene rings is 1. The van der Waals surface area contributed by atoms with Gasteiger partial charge in [-0.2, -0.15) is 0 Å². The number of fused-ring (bicyclic) bond motifs is 1. The molecule has 0 fully saturated rings. The van der Waals surface area contributed by atoms with Gasteiger partial charge in [0.05, 0.1) is 14.2 Å². The predicted molar refractivity (Wildman–Crippen MR) is 104 cm³/mol. The number of amides is 1. The molecule has 0 unspecified atom stereocenters. The summed E-state index contributed by atoms with van der Waals surface area (Å²) in [5.41, 5.74) is 1.70. The fourth-order valence-electron chi connectivity index (χ4n) is 2.95. The van der Waals surface area contributed by atoms with Crippen LogP contribution in [0, 0.1) is 13.8 Å². The van der Waals surface area contributed by atoms with E-state index < -0.39 is 0 Å². The average Bonchev–Trinajstić information content (AvgIpc) is 3.00. The Morgan fingerprint density at radius 1 is 1.25 bits per heavy atom. The highest BCUT2D eigenvalue weighted by atomic mass is 16.5. The molecule has 0 aliphatic heterocycles. The first-order chi connectivity index (χ1) is 13.4. The molecular formula is C20H23N3O5. The van der Waals surface area contributed by atoms with Gasteiger partial charge in [0.2, 0.25) is 11.6 Å². The number of methoxy groups -OCH3 is 2. The number of furan rings is 1. The maximum absolute atomic E-state index is 12.6. The molecule has 0 bridgehead atoms. The third kappa shape index (κ3) is 3.85. The zero-order chi connectivity index (χ0) is 20.3. The first kappa shape index (κ1) is 19.5. The zero-order valence-corrected chi connectivity index (χ0v) is 16.4. The monoisotopic (exact) mass is 385 g/mol. The molecular weight excluding hydrogens is 362 g/mol. The Morgan fingerprint density at radius 2 is 2.04 bits per heavy atom. The van der Waals surface area contributed by atoms with Crippen molar-refractivity contribution in [3.05, 3.63) is 51.8 Å². The van der Waals surface area contributed by atoms with Gasteiger partial charge in [-0.25, -0.2) is 4.98 Å². The Bertz CT molecular complexity index is 1070. The highest BCUT2D eigenvalue weighted by Gasteiger charge is 2.14. The minimum Gasteiger partial charge on any atom is -0.497 e. The number of carbonyl (C=O) groups excluding carboxylic acids is 1. The van der Waals surface area contributed by atoms with E-state index in [1.807, 2.05) is 13.0 Å². The van der Waals surface area contributed by atoms with Crippen molar-refractivity contribution >= 4 is 17.0 Å². The van der Waals surface area contributed by atoms with Gasteiger partial charge in [0.25, 0.3) is 5.56 Å². The first-order valence-electron chi connectivity index (χ1n) is 8.87. The van der Waals surface area contributed by atoms with Gasteiger partial charge in [0.15, 0.2) is 0 Å². The molecule has 0 radical (unpaired) electrons. The first-order valence-corrected chi connectivity index (χ1v) is 8.87. The molecule has 1 aromatic carbocycles. The van der Waals surface area contributed by atoms with E-state index in [0.717, 1.165) is 11.1 Å². The molecule has 8 nitrogen and oxygen atoms in total. The van der Waals surface area contributed by atoms with Crippen LogP contribution >= 0.6 is 0 Å². The average molecular weight is 385 g/mol. The second-order valence-electron chi connectivity index (χ2n) is 6.41. The third-order valence-corrected chi connectivity index (χ3v) is 4.70. The second kappa shape index (κ2) is 8.16. The van der Waals surface area contributed by atoms with Gasteiger partial charge in [-0.3, -0.25) is 14.2 Å². The number of aromatic nitrogens is 2. The van der Waals surface area contributed by atoms with E-state index in [1.54, 1.807) is 33.3 Å². The summed E-state index contributed by atoms with van der Waals surface area (Å²) >= 11 is 0. The Hall–Kier alpha value is -3.29. The summed E-state index contributed by atoms with van der Waals surface area (Å²) in [6.45, 7) is 4.14. The summed E-state index contributed by atoms with van der Waals surface area (Å²) in [6, 6.07) is 5.39. The van der Waals surface area contributed by atoms with E-state index in [4.69, 9.17) is 13.9 Å². The molecule has 0 aliphatic carbocycles. The Labute approximate surface area is 162 Å². The lowest BCUT2D eigenvalue weighted by Gasteiger charge is -2.12. The van der Waals surface area contributed by atoms with Gasteiger partial charge >= 0.3 is 0 Å². The standard InChI is InChI=1S/C20H23N3O5/c1-12-13(2)28-19-18(12)20(25)23(11-22-19)8-7-17(24)21-10-14-9-15(26-3)5-6-16(14)27-4/h5-6,9,11H,7-8,10H2,1-4H3,(H,21,24). The fraction of sp³-hybridized carbons (Fsp3) is 0.350. The summed E-state index contributed by atoms with van der Waals surface area (Å²) in [5.74, 6) is 1.83.